The first-order valence-corrected chi connectivity index (χ1v) is 22.8. The first-order chi connectivity index (χ1) is 31.7. The van der Waals surface area contributed by atoms with Gasteiger partial charge in [-0.2, -0.15) is 28.2 Å². The van der Waals surface area contributed by atoms with E-state index in [0.717, 1.165) is 30.2 Å². The maximum absolute atomic E-state index is 17.6. The normalized spacial score (nSPS) is 16.2. The van der Waals surface area contributed by atoms with Crippen molar-refractivity contribution in [2.45, 2.75) is 69.8 Å². The van der Waals surface area contributed by atoms with E-state index >= 15 is 22.0 Å². The largest absolute Gasteiger partial charge is 0.609 e. The molecule has 0 N–H and O–H groups in total. The van der Waals surface area contributed by atoms with Crippen molar-refractivity contribution >= 4 is 44.6 Å². The van der Waals surface area contributed by atoms with Gasteiger partial charge in [-0.15, -0.1) is 0 Å². The number of rotatable bonds is 12. The number of anilines is 2. The number of methoxy groups -OCH3 is 2. The molecule has 9 rings (SSSR count). The smallest absolute Gasteiger partial charge is 0.417 e. The Hall–Kier alpha value is -6.31. The van der Waals surface area contributed by atoms with Crippen molar-refractivity contribution in [1.82, 2.24) is 29.7 Å². The summed E-state index contributed by atoms with van der Waals surface area (Å²) in [6, 6.07) is 17.0. The van der Waals surface area contributed by atoms with Gasteiger partial charge in [0.15, 0.2) is 17.9 Å². The first-order valence-electron chi connectivity index (χ1n) is 21.2. The molecule has 344 valence electrons. The third kappa shape index (κ3) is 8.50. The van der Waals surface area contributed by atoms with Gasteiger partial charge in [-0.3, -0.25) is 0 Å². The van der Waals surface area contributed by atoms with Gasteiger partial charge >= 0.3 is 11.3 Å². The van der Waals surface area contributed by atoms with Crippen LogP contribution in [0.5, 0.6) is 17.4 Å². The van der Waals surface area contributed by atoms with Crippen LogP contribution in [0.1, 0.15) is 66.3 Å². The Morgan fingerprint density at radius 2 is 1.61 bits per heavy atom. The van der Waals surface area contributed by atoms with Gasteiger partial charge < -0.3 is 33.3 Å². The predicted octanol–water partition coefficient (Wildman–Crippen LogP) is 9.66. The third-order valence-electron chi connectivity index (χ3n) is 12.0. The lowest BCUT2D eigenvalue weighted by atomic mass is 9.94. The molecular weight excluding hydrogens is 884 g/mol. The summed E-state index contributed by atoms with van der Waals surface area (Å²) in [5.74, 6) is -0.245. The fourth-order valence-electron chi connectivity index (χ4n) is 8.80. The van der Waals surface area contributed by atoms with Gasteiger partial charge in [0.05, 0.1) is 50.3 Å². The average molecular weight is 929 g/mol. The van der Waals surface area contributed by atoms with Gasteiger partial charge in [0.1, 0.15) is 52.6 Å². The van der Waals surface area contributed by atoms with E-state index in [1.807, 2.05) is 53.4 Å². The molecule has 66 heavy (non-hydrogen) atoms. The Morgan fingerprint density at radius 1 is 0.924 bits per heavy atom. The molecular formula is C47H45F5N8O5S. The lowest BCUT2D eigenvalue weighted by Crippen LogP contribution is -2.33. The molecule has 7 aromatic rings. The summed E-state index contributed by atoms with van der Waals surface area (Å²) in [6.45, 7) is 4.19. The van der Waals surface area contributed by atoms with Crippen LogP contribution in [-0.4, -0.2) is 74.5 Å². The molecule has 3 aromatic carbocycles. The van der Waals surface area contributed by atoms with Crippen molar-refractivity contribution in [1.29, 1.82) is 0 Å². The topological polar surface area (TPSA) is 136 Å². The van der Waals surface area contributed by atoms with Crippen LogP contribution >= 0.6 is 0 Å². The van der Waals surface area contributed by atoms with Crippen LogP contribution in [0.15, 0.2) is 78.2 Å². The summed E-state index contributed by atoms with van der Waals surface area (Å²) in [4.78, 5) is 21.9. The lowest BCUT2D eigenvalue weighted by molar-refractivity contribution is -0.137. The molecule has 3 atom stereocenters. The molecule has 19 heteroatoms. The van der Waals surface area contributed by atoms with E-state index in [4.69, 9.17) is 18.9 Å². The zero-order chi connectivity index (χ0) is 46.4. The van der Waals surface area contributed by atoms with Gasteiger partial charge in [0, 0.05) is 47.4 Å². The Labute approximate surface area is 379 Å². The number of benzene rings is 3. The molecule has 0 spiro atoms. The first kappa shape index (κ1) is 44.9. The summed E-state index contributed by atoms with van der Waals surface area (Å²) in [7, 11) is 3.16. The van der Waals surface area contributed by atoms with E-state index in [-0.39, 0.29) is 46.3 Å². The standard InChI is InChI=1S/C47H45F5N8O5S/c1-26-20-35-34(23-54-60(35)36-8-6-7-18-64-36)37(39(26)47(50,51)52)41-40(49)42-38-44(57-46(56-42)66(5)61)59(17-19-65-45(38)55-41)27(2)33-21-30(48)22-53-43(33)58(24-28-9-13-31(62-3)14-10-28)25-29-11-15-32(63-4)16-12-29/h9-16,20-23,27,36H,6-8,17-19,24-25H2,1-5H3. The van der Waals surface area contributed by atoms with Gasteiger partial charge in [0.2, 0.25) is 5.88 Å². The zero-order valence-electron chi connectivity index (χ0n) is 36.7. The number of hydrogen-bond acceptors (Lipinski definition) is 12. The highest BCUT2D eigenvalue weighted by Crippen LogP contribution is 2.48. The number of alkyl halides is 3. The van der Waals surface area contributed by atoms with Gasteiger partial charge in [-0.05, 0) is 86.2 Å². The zero-order valence-corrected chi connectivity index (χ0v) is 37.5. The molecule has 2 aliphatic rings. The van der Waals surface area contributed by atoms with Crippen molar-refractivity contribution in [3.8, 4) is 28.6 Å². The molecule has 3 unspecified atom stereocenters. The van der Waals surface area contributed by atoms with E-state index in [1.54, 1.807) is 26.0 Å². The quantitative estimate of drug-likeness (QED) is 0.0656. The van der Waals surface area contributed by atoms with Crippen molar-refractivity contribution in [3.05, 3.63) is 113 Å². The summed E-state index contributed by atoms with van der Waals surface area (Å²) in [6.07, 6.45) is 0.501. The van der Waals surface area contributed by atoms with Gasteiger partial charge in [0.25, 0.3) is 0 Å². The number of aryl methyl sites for hydroxylation is 1. The van der Waals surface area contributed by atoms with E-state index < -0.39 is 63.6 Å². The summed E-state index contributed by atoms with van der Waals surface area (Å²) in [5.41, 5.74) is -0.405. The summed E-state index contributed by atoms with van der Waals surface area (Å²) in [5, 5.41) is 4.10. The van der Waals surface area contributed by atoms with Crippen LogP contribution in [0.4, 0.5) is 33.6 Å². The number of ether oxygens (including phenoxy) is 4. The number of hydrogen-bond donors (Lipinski definition) is 0. The van der Waals surface area contributed by atoms with Gasteiger partial charge in [-0.1, -0.05) is 24.3 Å². The van der Waals surface area contributed by atoms with Crippen molar-refractivity contribution in [2.24, 2.45) is 0 Å². The highest BCUT2D eigenvalue weighted by molar-refractivity contribution is 7.90. The summed E-state index contributed by atoms with van der Waals surface area (Å²) < 4.78 is 116. The Bertz CT molecular complexity index is 2860. The highest BCUT2D eigenvalue weighted by atomic mass is 32.2. The van der Waals surface area contributed by atoms with Crippen molar-refractivity contribution in [3.63, 3.8) is 0 Å². The van der Waals surface area contributed by atoms with Crippen LogP contribution in [0.3, 0.4) is 0 Å². The second-order valence-electron chi connectivity index (χ2n) is 16.2. The van der Waals surface area contributed by atoms with Crippen LogP contribution in [0.2, 0.25) is 0 Å². The number of fused-ring (bicyclic) bond motifs is 1. The Balaban J connectivity index is 1.20. The number of aromatic nitrogens is 6. The Kier molecular flexibility index (Phi) is 12.4. The summed E-state index contributed by atoms with van der Waals surface area (Å²) >= 11 is -1.91. The molecule has 0 radical (unpaired) electrons. The van der Waals surface area contributed by atoms with E-state index in [1.165, 1.54) is 36.2 Å². The fraction of sp³-hybridized carbons (Fsp3) is 0.340. The average Bonchev–Trinajstić information content (AvgIpc) is 3.64. The molecule has 0 bridgehead atoms. The van der Waals surface area contributed by atoms with Gasteiger partial charge in [-0.25, -0.2) is 23.4 Å². The third-order valence-corrected chi connectivity index (χ3v) is 12.7. The van der Waals surface area contributed by atoms with Crippen LogP contribution in [0, 0.1) is 18.6 Å². The van der Waals surface area contributed by atoms with Crippen molar-refractivity contribution in [2.75, 3.05) is 50.0 Å². The molecule has 0 saturated carbocycles. The van der Waals surface area contributed by atoms with Crippen molar-refractivity contribution < 1.29 is 45.5 Å². The maximum atomic E-state index is 17.6. The molecule has 6 heterocycles. The molecule has 1 fully saturated rings. The highest BCUT2D eigenvalue weighted by Gasteiger charge is 2.41. The molecule has 2 aliphatic heterocycles. The monoisotopic (exact) mass is 928 g/mol. The fourth-order valence-corrected chi connectivity index (χ4v) is 9.24. The lowest BCUT2D eigenvalue weighted by Gasteiger charge is -2.33. The van der Waals surface area contributed by atoms with E-state index in [2.05, 4.69) is 25.0 Å². The Morgan fingerprint density at radius 3 is 2.21 bits per heavy atom. The maximum Gasteiger partial charge on any atom is 0.417 e. The molecule has 0 amide bonds. The minimum Gasteiger partial charge on any atom is -0.609 e. The SMILES string of the molecule is COc1ccc(CN(Cc2ccc(OC)cc2)c2ncc(F)cc2C(C)N2CCOc3nc(-c4c(C(F)(F)F)c(C)cc5c4cnn5C4CCCCO4)c(F)c4nc([S+](C)[O-])nc2c34)cc1. The molecule has 1 saturated heterocycles. The molecule has 4 aromatic heterocycles. The van der Waals surface area contributed by atoms with Crippen LogP contribution in [0.25, 0.3) is 33.1 Å². The van der Waals surface area contributed by atoms with E-state index in [0.29, 0.717) is 54.5 Å². The second-order valence-corrected chi connectivity index (χ2v) is 17.5. The van der Waals surface area contributed by atoms with Crippen LogP contribution < -0.4 is 24.0 Å². The second kappa shape index (κ2) is 18.2. The predicted molar refractivity (Wildman–Crippen MR) is 238 cm³/mol. The number of nitrogens with zero attached hydrogens (tertiary/aromatic N) is 8. The number of pyridine rings is 2. The van der Waals surface area contributed by atoms with Crippen LogP contribution in [-0.2, 0) is 35.2 Å². The molecule has 13 nitrogen and oxygen atoms in total. The number of halogens is 5. The minimum absolute atomic E-state index is 0.00235. The minimum atomic E-state index is -4.94. The molecule has 0 aliphatic carbocycles. The van der Waals surface area contributed by atoms with E-state index in [9.17, 15) is 4.55 Å².